The van der Waals surface area contributed by atoms with E-state index >= 15 is 0 Å². The van der Waals surface area contributed by atoms with E-state index in [0.29, 0.717) is 5.75 Å². The van der Waals surface area contributed by atoms with Crippen molar-refractivity contribution < 1.29 is 41.4 Å². The summed E-state index contributed by atoms with van der Waals surface area (Å²) in [6.07, 6.45) is 0.624. The molecule has 5 N–H and O–H groups in total. The Labute approximate surface area is 275 Å². The van der Waals surface area contributed by atoms with Gasteiger partial charge in [0.1, 0.15) is 17.0 Å². The third-order valence-corrected chi connectivity index (χ3v) is 8.90. The minimum absolute atomic E-state index is 0.0957. The molecule has 0 aliphatic heterocycles. The molecular formula is C34H39ClF5N3O4. The fraction of sp³-hybridized carbons (Fsp3) is 0.412. The monoisotopic (exact) mass is 683 g/mol. The van der Waals surface area contributed by atoms with Gasteiger partial charge in [-0.3, -0.25) is 9.59 Å². The molecule has 3 aromatic carbocycles. The zero-order valence-electron chi connectivity index (χ0n) is 27.4. The van der Waals surface area contributed by atoms with Crippen LogP contribution < -0.4 is 21.1 Å². The van der Waals surface area contributed by atoms with E-state index in [1.54, 1.807) is 13.8 Å². The molecule has 0 aliphatic rings. The highest BCUT2D eigenvalue weighted by molar-refractivity contribution is 6.35. The molecule has 0 radical (unpaired) electrons. The molecule has 1 atom stereocenters. The molecule has 2 amide bonds. The first kappa shape index (κ1) is 37.4. The number of nitrogens with one attached hydrogen (secondary N) is 2. The summed E-state index contributed by atoms with van der Waals surface area (Å²) < 4.78 is 75.4. The van der Waals surface area contributed by atoms with Gasteiger partial charge in [0.25, 0.3) is 11.8 Å². The van der Waals surface area contributed by atoms with Gasteiger partial charge >= 0.3 is 0 Å². The number of hydrogen-bond donors (Lipinski definition) is 4. The fourth-order valence-corrected chi connectivity index (χ4v) is 4.93. The van der Waals surface area contributed by atoms with Crippen LogP contribution in [0.1, 0.15) is 89.7 Å². The standard InChI is InChI=1S/C34H39ClF5N3O4/c1-9-33(5,6)16-11-12-20(17(13-16)34(7,8)10-2)47-30(15(3)4)32(46)43-28-18(35)14-19(29(44)27(28)41)42-31(45)21-22(36)24(38)26(40)25(39)23(21)37/h11-15,30,44H,9-10,41H2,1-8H3,(H,42,45)(H,43,46). The van der Waals surface area contributed by atoms with Crippen LogP contribution in [-0.2, 0) is 15.6 Å². The van der Waals surface area contributed by atoms with Gasteiger partial charge in [-0.1, -0.05) is 79.1 Å². The van der Waals surface area contributed by atoms with Gasteiger partial charge in [0.2, 0.25) is 5.82 Å². The van der Waals surface area contributed by atoms with Gasteiger partial charge in [-0.2, -0.15) is 0 Å². The third kappa shape index (κ3) is 7.42. The highest BCUT2D eigenvalue weighted by Crippen LogP contribution is 2.43. The smallest absolute Gasteiger partial charge is 0.265 e. The molecule has 0 aliphatic carbocycles. The van der Waals surface area contributed by atoms with Gasteiger partial charge in [-0.25, -0.2) is 22.0 Å². The summed E-state index contributed by atoms with van der Waals surface area (Å²) in [6, 6.07) is 6.80. The molecule has 0 spiro atoms. The zero-order chi connectivity index (χ0) is 35.8. The van der Waals surface area contributed by atoms with Crippen molar-refractivity contribution in [3.8, 4) is 11.5 Å². The fourth-order valence-electron chi connectivity index (χ4n) is 4.67. The summed E-state index contributed by atoms with van der Waals surface area (Å²) in [7, 11) is 0. The third-order valence-electron chi connectivity index (χ3n) is 8.60. The first-order chi connectivity index (χ1) is 21.7. The lowest BCUT2D eigenvalue weighted by molar-refractivity contribution is -0.124. The summed E-state index contributed by atoms with van der Waals surface area (Å²) in [6.45, 7) is 16.2. The van der Waals surface area contributed by atoms with Crippen molar-refractivity contribution in [3.05, 3.63) is 75.1 Å². The number of nitrogen functional groups attached to an aromatic ring is 1. The Morgan fingerprint density at radius 1 is 0.894 bits per heavy atom. The molecule has 0 bridgehead atoms. The highest BCUT2D eigenvalue weighted by atomic mass is 35.5. The molecule has 0 saturated carbocycles. The minimum Gasteiger partial charge on any atom is -0.504 e. The lowest BCUT2D eigenvalue weighted by atomic mass is 9.76. The Kier molecular flexibility index (Phi) is 11.1. The molecule has 3 rings (SSSR count). The van der Waals surface area contributed by atoms with Crippen molar-refractivity contribution in [2.45, 2.75) is 85.2 Å². The zero-order valence-corrected chi connectivity index (χ0v) is 28.2. The minimum atomic E-state index is -2.45. The van der Waals surface area contributed by atoms with Crippen LogP contribution in [0.3, 0.4) is 0 Å². The van der Waals surface area contributed by atoms with Gasteiger partial charge in [-0.05, 0) is 47.3 Å². The average Bonchev–Trinajstić information content (AvgIpc) is 3.02. The highest BCUT2D eigenvalue weighted by Gasteiger charge is 2.33. The first-order valence-corrected chi connectivity index (χ1v) is 15.3. The van der Waals surface area contributed by atoms with Crippen LogP contribution in [-0.4, -0.2) is 23.0 Å². The SMILES string of the molecule is CCC(C)(C)c1ccc(OC(C(=O)Nc2c(Cl)cc(NC(=O)c3c(F)c(F)c(F)c(F)c3F)c(O)c2N)C(C)C)c(C(C)(C)CC)c1. The number of hydrogen-bond acceptors (Lipinski definition) is 5. The van der Waals surface area contributed by atoms with Crippen molar-refractivity contribution in [1.29, 1.82) is 0 Å². The number of halogens is 6. The Bertz CT molecular complexity index is 1680. The van der Waals surface area contributed by atoms with Crippen LogP contribution in [0.4, 0.5) is 39.0 Å². The number of phenolic OH excluding ortho intramolecular Hbond substituents is 1. The molecule has 13 heteroatoms. The molecule has 3 aromatic rings. The summed E-state index contributed by atoms with van der Waals surface area (Å²) in [5.74, 6) is -15.1. The topological polar surface area (TPSA) is 114 Å². The maximum atomic E-state index is 14.2. The van der Waals surface area contributed by atoms with E-state index < -0.39 is 69.7 Å². The predicted molar refractivity (Wildman–Crippen MR) is 173 cm³/mol. The van der Waals surface area contributed by atoms with Gasteiger partial charge in [-0.15, -0.1) is 0 Å². The van der Waals surface area contributed by atoms with Gasteiger partial charge in [0.05, 0.1) is 16.4 Å². The molecule has 0 aromatic heterocycles. The molecule has 1 unspecified atom stereocenters. The van der Waals surface area contributed by atoms with Gasteiger partial charge < -0.3 is 26.2 Å². The number of amides is 2. The van der Waals surface area contributed by atoms with Crippen LogP contribution in [0.2, 0.25) is 5.02 Å². The van der Waals surface area contributed by atoms with Crippen LogP contribution in [0.15, 0.2) is 24.3 Å². The normalized spacial score (nSPS) is 12.7. The van der Waals surface area contributed by atoms with E-state index in [1.807, 2.05) is 17.4 Å². The second-order valence-electron chi connectivity index (χ2n) is 12.9. The van der Waals surface area contributed by atoms with Crippen molar-refractivity contribution in [3.63, 3.8) is 0 Å². The number of anilines is 3. The van der Waals surface area contributed by atoms with Gasteiger partial charge in [0.15, 0.2) is 35.1 Å². The molecule has 0 heterocycles. The predicted octanol–water partition coefficient (Wildman–Crippen LogP) is 8.99. The largest absolute Gasteiger partial charge is 0.504 e. The Hall–Kier alpha value is -4.06. The maximum absolute atomic E-state index is 14.2. The molecule has 0 fully saturated rings. The molecule has 7 nitrogen and oxygen atoms in total. The second kappa shape index (κ2) is 14.0. The molecule has 47 heavy (non-hydrogen) atoms. The summed E-state index contributed by atoms with van der Waals surface area (Å²) in [5.41, 5.74) is 4.41. The van der Waals surface area contributed by atoms with E-state index in [0.717, 1.165) is 30.0 Å². The number of rotatable bonds is 11. The quantitative estimate of drug-likeness (QED) is 0.0530. The van der Waals surface area contributed by atoms with Crippen LogP contribution in [0.25, 0.3) is 0 Å². The number of carbonyl (C=O) groups is 2. The van der Waals surface area contributed by atoms with Gasteiger partial charge in [0, 0.05) is 5.56 Å². The van der Waals surface area contributed by atoms with Crippen LogP contribution in [0.5, 0.6) is 11.5 Å². The molecule has 0 saturated heterocycles. The van der Waals surface area contributed by atoms with Crippen LogP contribution >= 0.6 is 11.6 Å². The lowest BCUT2D eigenvalue weighted by Crippen LogP contribution is -2.38. The van der Waals surface area contributed by atoms with Crippen molar-refractivity contribution in [2.75, 3.05) is 16.4 Å². The first-order valence-electron chi connectivity index (χ1n) is 15.0. The maximum Gasteiger partial charge on any atom is 0.265 e. The Morgan fingerprint density at radius 2 is 1.43 bits per heavy atom. The molecule has 256 valence electrons. The number of aromatic hydroxyl groups is 1. The number of benzene rings is 3. The van der Waals surface area contributed by atoms with Crippen LogP contribution in [0, 0.1) is 35.0 Å². The average molecular weight is 684 g/mol. The number of carbonyl (C=O) groups excluding carboxylic acids is 2. The van der Waals surface area contributed by atoms with E-state index in [2.05, 4.69) is 52.9 Å². The van der Waals surface area contributed by atoms with Crippen molar-refractivity contribution in [1.82, 2.24) is 0 Å². The van der Waals surface area contributed by atoms with E-state index in [4.69, 9.17) is 22.1 Å². The second-order valence-corrected chi connectivity index (χ2v) is 13.3. The summed E-state index contributed by atoms with van der Waals surface area (Å²) in [4.78, 5) is 26.1. The number of nitrogens with two attached hydrogens (primary N) is 1. The van der Waals surface area contributed by atoms with Crippen molar-refractivity contribution in [2.24, 2.45) is 5.92 Å². The summed E-state index contributed by atoms with van der Waals surface area (Å²) in [5, 5.41) is 14.7. The van der Waals surface area contributed by atoms with E-state index in [9.17, 15) is 36.6 Å². The Morgan fingerprint density at radius 3 is 1.94 bits per heavy atom. The summed E-state index contributed by atoms with van der Waals surface area (Å²) >= 11 is 6.32. The molecular weight excluding hydrogens is 645 g/mol. The number of ether oxygens (including phenoxy) is 1. The van der Waals surface area contributed by atoms with Crippen molar-refractivity contribution >= 4 is 40.5 Å². The number of phenols is 1. The van der Waals surface area contributed by atoms with E-state index in [1.165, 1.54) is 0 Å². The lowest BCUT2D eigenvalue weighted by Gasteiger charge is -2.32. The van der Waals surface area contributed by atoms with E-state index in [-0.39, 0.29) is 27.5 Å². The Balaban J connectivity index is 1.96.